The van der Waals surface area contributed by atoms with Crippen molar-refractivity contribution in [1.82, 2.24) is 34.7 Å². The van der Waals surface area contributed by atoms with Crippen LogP contribution < -0.4 is 4.74 Å². The molecule has 0 fully saturated rings. The largest absolute Gasteiger partial charge is 0.433 e. The average Bonchev–Trinajstić information content (AvgIpc) is 3.50. The lowest BCUT2D eigenvalue weighted by Crippen LogP contribution is -2.41. The Balaban J connectivity index is 1.57. The van der Waals surface area contributed by atoms with E-state index in [1.54, 1.807) is 12.3 Å². The SMILES string of the molecule is CC(C)(F)c1nnc(C(=O)N2CCc3[nH]cnc3[C@H]2c2cc3c(OC(F)F)cccn3n2)o1. The van der Waals surface area contributed by atoms with Crippen LogP contribution in [0, 0.1) is 0 Å². The number of aromatic nitrogens is 6. The molecular formula is C20H18F3N7O3. The quantitative estimate of drug-likeness (QED) is 0.486. The third kappa shape index (κ3) is 3.68. The molecule has 0 spiro atoms. The third-order valence-electron chi connectivity index (χ3n) is 5.28. The third-order valence-corrected chi connectivity index (χ3v) is 5.28. The highest BCUT2D eigenvalue weighted by Gasteiger charge is 2.39. The minimum absolute atomic E-state index is 0.0612. The van der Waals surface area contributed by atoms with E-state index in [1.807, 2.05) is 0 Å². The zero-order chi connectivity index (χ0) is 23.3. The topological polar surface area (TPSA) is 114 Å². The fraction of sp³-hybridized carbons (Fsp3) is 0.350. The Kier molecular flexibility index (Phi) is 4.83. The van der Waals surface area contributed by atoms with Crippen molar-refractivity contribution in [3.63, 3.8) is 0 Å². The maximum Gasteiger partial charge on any atom is 0.387 e. The summed E-state index contributed by atoms with van der Waals surface area (Å²) in [5.41, 5.74) is 0.0980. The molecule has 0 saturated heterocycles. The van der Waals surface area contributed by atoms with Gasteiger partial charge in [0.2, 0.25) is 0 Å². The van der Waals surface area contributed by atoms with E-state index in [4.69, 9.17) is 4.42 Å². The summed E-state index contributed by atoms with van der Waals surface area (Å²) in [5.74, 6) is -1.38. The van der Waals surface area contributed by atoms with Gasteiger partial charge in [0.15, 0.2) is 11.4 Å². The zero-order valence-corrected chi connectivity index (χ0v) is 17.5. The Morgan fingerprint density at radius 3 is 2.91 bits per heavy atom. The van der Waals surface area contributed by atoms with Crippen molar-refractivity contribution in [1.29, 1.82) is 0 Å². The van der Waals surface area contributed by atoms with Crippen molar-refractivity contribution < 1.29 is 27.1 Å². The van der Waals surface area contributed by atoms with Gasteiger partial charge < -0.3 is 19.0 Å². The fourth-order valence-electron chi connectivity index (χ4n) is 3.81. The van der Waals surface area contributed by atoms with Gasteiger partial charge in [-0.05, 0) is 32.0 Å². The molecule has 33 heavy (non-hydrogen) atoms. The lowest BCUT2D eigenvalue weighted by Gasteiger charge is -2.32. The number of nitrogens with zero attached hydrogens (tertiary/aromatic N) is 6. The average molecular weight is 461 g/mol. The number of carbonyl (C=O) groups excluding carboxylic acids is 1. The maximum atomic E-state index is 14.2. The van der Waals surface area contributed by atoms with E-state index < -0.39 is 24.2 Å². The van der Waals surface area contributed by atoms with E-state index in [0.29, 0.717) is 23.3 Å². The molecule has 0 radical (unpaired) electrons. The van der Waals surface area contributed by atoms with Crippen LogP contribution in [0.15, 0.2) is 35.1 Å². The molecule has 0 saturated carbocycles. The van der Waals surface area contributed by atoms with Crippen LogP contribution in [0.25, 0.3) is 5.52 Å². The van der Waals surface area contributed by atoms with Crippen molar-refractivity contribution in [3.05, 3.63) is 59.6 Å². The van der Waals surface area contributed by atoms with Gasteiger partial charge in [-0.1, -0.05) is 0 Å². The Morgan fingerprint density at radius 2 is 2.18 bits per heavy atom. The number of hydrogen-bond acceptors (Lipinski definition) is 7. The molecule has 0 unspecified atom stereocenters. The van der Waals surface area contributed by atoms with Crippen LogP contribution >= 0.6 is 0 Å². The number of alkyl halides is 3. The minimum atomic E-state index is -3.01. The number of imidazole rings is 1. The predicted octanol–water partition coefficient (Wildman–Crippen LogP) is 3.03. The molecule has 1 amide bonds. The van der Waals surface area contributed by atoms with Crippen molar-refractivity contribution in [2.45, 2.75) is 38.6 Å². The maximum absolute atomic E-state index is 14.2. The number of pyridine rings is 1. The standard InChI is InChI=1S/C20H18F3N7O3/c1-20(2,23)18-27-26-16(33-18)17(31)29-7-5-10-14(25-9-24-10)15(29)11-8-12-13(32-19(21)22)4-3-6-30(12)28-11/h3-4,6,8-9,15,19H,5,7H2,1-2H3,(H,24,25)/t15-/m1/s1. The van der Waals surface area contributed by atoms with Gasteiger partial charge in [-0.2, -0.15) is 13.9 Å². The number of halogens is 3. The van der Waals surface area contributed by atoms with Crippen molar-refractivity contribution in [3.8, 4) is 5.75 Å². The number of H-pyrrole nitrogens is 1. The van der Waals surface area contributed by atoms with Gasteiger partial charge in [-0.25, -0.2) is 13.9 Å². The number of aromatic amines is 1. The molecule has 10 nitrogen and oxygen atoms in total. The van der Waals surface area contributed by atoms with Gasteiger partial charge in [-0.15, -0.1) is 10.2 Å². The second-order valence-corrected chi connectivity index (χ2v) is 7.95. The number of amides is 1. The summed E-state index contributed by atoms with van der Waals surface area (Å²) in [6, 6.07) is 3.69. The number of hydrogen-bond donors (Lipinski definition) is 1. The van der Waals surface area contributed by atoms with Gasteiger partial charge in [0, 0.05) is 24.9 Å². The van der Waals surface area contributed by atoms with Crippen LogP contribution in [-0.2, 0) is 12.1 Å². The van der Waals surface area contributed by atoms with E-state index in [2.05, 4.69) is 30.0 Å². The lowest BCUT2D eigenvalue weighted by atomic mass is 9.99. The van der Waals surface area contributed by atoms with Crippen LogP contribution in [0.4, 0.5) is 13.2 Å². The fourth-order valence-corrected chi connectivity index (χ4v) is 3.81. The Morgan fingerprint density at radius 1 is 1.36 bits per heavy atom. The van der Waals surface area contributed by atoms with Gasteiger partial charge in [0.05, 0.1) is 17.7 Å². The molecule has 13 heteroatoms. The second-order valence-electron chi connectivity index (χ2n) is 7.95. The summed E-state index contributed by atoms with van der Waals surface area (Å²) in [7, 11) is 0. The normalized spacial score (nSPS) is 16.4. The molecule has 0 aliphatic carbocycles. The molecular weight excluding hydrogens is 443 g/mol. The Hall–Kier alpha value is -3.90. The smallest absolute Gasteiger partial charge is 0.387 e. The van der Waals surface area contributed by atoms with Gasteiger partial charge in [0.1, 0.15) is 11.6 Å². The Bertz CT molecular complexity index is 1320. The van der Waals surface area contributed by atoms with Crippen molar-refractivity contribution >= 4 is 11.4 Å². The highest BCUT2D eigenvalue weighted by atomic mass is 19.3. The molecule has 5 heterocycles. The van der Waals surface area contributed by atoms with Gasteiger partial charge in [-0.3, -0.25) is 4.79 Å². The van der Waals surface area contributed by atoms with Crippen LogP contribution in [0.5, 0.6) is 5.75 Å². The summed E-state index contributed by atoms with van der Waals surface area (Å²) in [6.07, 6.45) is 3.55. The first-order valence-electron chi connectivity index (χ1n) is 10.0. The monoisotopic (exact) mass is 461 g/mol. The van der Waals surface area contributed by atoms with Crippen LogP contribution in [0.1, 0.15) is 53.5 Å². The highest BCUT2D eigenvalue weighted by molar-refractivity contribution is 5.90. The van der Waals surface area contributed by atoms with Crippen LogP contribution in [0.3, 0.4) is 0 Å². The molecule has 1 aliphatic heterocycles. The van der Waals surface area contributed by atoms with E-state index in [0.717, 1.165) is 5.69 Å². The molecule has 4 aromatic heterocycles. The lowest BCUT2D eigenvalue weighted by molar-refractivity contribution is -0.0490. The second kappa shape index (κ2) is 7.60. The molecule has 1 aliphatic rings. The van der Waals surface area contributed by atoms with Gasteiger partial charge >= 0.3 is 18.4 Å². The first kappa shape index (κ1) is 21.0. The van der Waals surface area contributed by atoms with E-state index in [-0.39, 0.29) is 24.1 Å². The number of fused-ring (bicyclic) bond motifs is 2. The van der Waals surface area contributed by atoms with E-state index in [1.165, 1.54) is 41.7 Å². The van der Waals surface area contributed by atoms with Crippen molar-refractivity contribution in [2.24, 2.45) is 0 Å². The number of nitrogens with one attached hydrogen (secondary N) is 1. The summed E-state index contributed by atoms with van der Waals surface area (Å²) in [6.45, 7) is -0.273. The highest BCUT2D eigenvalue weighted by Crippen LogP contribution is 2.36. The summed E-state index contributed by atoms with van der Waals surface area (Å²) >= 11 is 0. The number of rotatable bonds is 5. The zero-order valence-electron chi connectivity index (χ0n) is 17.5. The van der Waals surface area contributed by atoms with Crippen LogP contribution in [-0.4, -0.2) is 53.7 Å². The first-order valence-corrected chi connectivity index (χ1v) is 10.0. The molecule has 0 bridgehead atoms. The van der Waals surface area contributed by atoms with Crippen LogP contribution in [0.2, 0.25) is 0 Å². The summed E-state index contributed by atoms with van der Waals surface area (Å²) in [4.78, 5) is 22.1. The summed E-state index contributed by atoms with van der Waals surface area (Å²) in [5, 5.41) is 11.8. The molecule has 172 valence electrons. The molecule has 1 N–H and O–H groups in total. The minimum Gasteiger partial charge on any atom is -0.433 e. The van der Waals surface area contributed by atoms with Gasteiger partial charge in [0.25, 0.3) is 5.89 Å². The number of ether oxygens (including phenoxy) is 1. The van der Waals surface area contributed by atoms with E-state index >= 15 is 0 Å². The Labute approximate surface area is 184 Å². The number of carbonyl (C=O) groups is 1. The molecule has 0 aromatic carbocycles. The molecule has 1 atom stereocenters. The predicted molar refractivity (Wildman–Crippen MR) is 105 cm³/mol. The van der Waals surface area contributed by atoms with E-state index in [9.17, 15) is 18.0 Å². The first-order chi connectivity index (χ1) is 15.7. The molecule has 5 rings (SSSR count). The molecule has 4 aromatic rings. The summed E-state index contributed by atoms with van der Waals surface area (Å²) < 4.78 is 51.1. The van der Waals surface area contributed by atoms with Crippen molar-refractivity contribution in [2.75, 3.05) is 6.54 Å².